The summed E-state index contributed by atoms with van der Waals surface area (Å²) in [5, 5.41) is 0.732. The van der Waals surface area contributed by atoms with E-state index in [1.807, 2.05) is 34.9 Å². The minimum atomic E-state index is -0.136. The van der Waals surface area contributed by atoms with Crippen LogP contribution >= 0.6 is 11.8 Å². The largest absolute Gasteiger partial charge is 0.497 e. The normalized spacial score (nSPS) is 15.8. The Hall–Kier alpha value is -3.31. The molecule has 5 heteroatoms. The van der Waals surface area contributed by atoms with Gasteiger partial charge >= 0.3 is 0 Å². The van der Waals surface area contributed by atoms with Crippen molar-refractivity contribution < 1.29 is 4.74 Å². The maximum atomic E-state index is 14.6. The lowest BCUT2D eigenvalue weighted by molar-refractivity contribution is 0.283. The first kappa shape index (κ1) is 23.1. The van der Waals surface area contributed by atoms with E-state index in [1.54, 1.807) is 18.9 Å². The van der Waals surface area contributed by atoms with Gasteiger partial charge in [-0.15, -0.1) is 0 Å². The first-order chi connectivity index (χ1) is 17.7. The van der Waals surface area contributed by atoms with E-state index in [-0.39, 0.29) is 11.0 Å². The smallest absolute Gasteiger partial charge is 0.263 e. The number of hydrogen-bond acceptors (Lipinski definition) is 4. The van der Waals surface area contributed by atoms with Crippen molar-refractivity contribution in [1.29, 1.82) is 0 Å². The SMILES string of the molecule is COc1ccc(-n2c(SCc3ccccc3)nc3c(c2=O)C2(CCCCC2)Cc2ccccc2-3)cc1. The van der Waals surface area contributed by atoms with Crippen molar-refractivity contribution in [2.75, 3.05) is 7.11 Å². The molecule has 36 heavy (non-hydrogen) atoms. The van der Waals surface area contributed by atoms with Gasteiger partial charge in [0.05, 0.1) is 24.1 Å². The number of rotatable bonds is 5. The molecule has 2 aliphatic carbocycles. The molecule has 1 heterocycles. The highest BCUT2D eigenvalue weighted by Gasteiger charge is 2.43. The first-order valence-corrected chi connectivity index (χ1v) is 13.7. The van der Waals surface area contributed by atoms with Gasteiger partial charge in [0, 0.05) is 16.7 Å². The Kier molecular flexibility index (Phi) is 6.18. The van der Waals surface area contributed by atoms with Crippen LogP contribution in [0.5, 0.6) is 5.75 Å². The molecule has 3 aromatic carbocycles. The molecule has 0 unspecified atom stereocenters. The minimum absolute atomic E-state index is 0.0807. The summed E-state index contributed by atoms with van der Waals surface area (Å²) in [6.07, 6.45) is 6.58. The summed E-state index contributed by atoms with van der Waals surface area (Å²) in [4.78, 5) is 19.9. The molecule has 2 aliphatic rings. The number of hydrogen-bond donors (Lipinski definition) is 0. The second-order valence-electron chi connectivity index (χ2n) is 9.91. The quantitative estimate of drug-likeness (QED) is 0.222. The van der Waals surface area contributed by atoms with E-state index in [2.05, 4.69) is 48.5 Å². The summed E-state index contributed by atoms with van der Waals surface area (Å²) in [6.45, 7) is 0. The van der Waals surface area contributed by atoms with Gasteiger partial charge in [0.1, 0.15) is 5.75 Å². The van der Waals surface area contributed by atoms with Crippen molar-refractivity contribution in [2.45, 2.75) is 54.8 Å². The van der Waals surface area contributed by atoms with Crippen LogP contribution in [0.25, 0.3) is 16.9 Å². The van der Waals surface area contributed by atoms with Crippen LogP contribution in [0, 0.1) is 0 Å². The molecule has 6 rings (SSSR count). The summed E-state index contributed by atoms with van der Waals surface area (Å²) in [5.41, 5.74) is 6.23. The molecule has 0 bridgehead atoms. The standard InChI is InChI=1S/C31H30N2O2S/c1-35-25-16-14-24(15-17-25)33-29(34)27-28(32-30(33)36-21-22-10-4-2-5-11-22)26-13-7-6-12-23(26)20-31(27)18-8-3-9-19-31/h2,4-7,10-17H,3,8-9,18-21H2,1H3. The van der Waals surface area contributed by atoms with E-state index in [0.29, 0.717) is 0 Å². The Balaban J connectivity index is 1.58. The monoisotopic (exact) mass is 494 g/mol. The van der Waals surface area contributed by atoms with Crippen LogP contribution in [-0.4, -0.2) is 16.7 Å². The van der Waals surface area contributed by atoms with Crippen molar-refractivity contribution in [1.82, 2.24) is 9.55 Å². The number of aromatic nitrogens is 2. The van der Waals surface area contributed by atoms with E-state index >= 15 is 0 Å². The zero-order valence-electron chi connectivity index (χ0n) is 20.6. The number of benzene rings is 3. The average Bonchev–Trinajstić information content (AvgIpc) is 2.93. The molecule has 1 fully saturated rings. The molecule has 1 spiro atoms. The molecule has 0 aliphatic heterocycles. The topological polar surface area (TPSA) is 44.1 Å². The molecule has 0 amide bonds. The van der Waals surface area contributed by atoms with Gasteiger partial charge in [-0.2, -0.15) is 0 Å². The molecule has 1 aromatic heterocycles. The van der Waals surface area contributed by atoms with Gasteiger partial charge in [0.2, 0.25) is 0 Å². The third-order valence-electron chi connectivity index (χ3n) is 7.74. The number of fused-ring (bicyclic) bond motifs is 4. The molecule has 4 aromatic rings. The highest BCUT2D eigenvalue weighted by molar-refractivity contribution is 7.98. The Morgan fingerprint density at radius 2 is 1.64 bits per heavy atom. The van der Waals surface area contributed by atoms with Gasteiger partial charge < -0.3 is 4.74 Å². The van der Waals surface area contributed by atoms with Crippen LogP contribution in [0.3, 0.4) is 0 Å². The van der Waals surface area contributed by atoms with Gasteiger partial charge in [0.15, 0.2) is 5.16 Å². The van der Waals surface area contributed by atoms with Crippen molar-refractivity contribution in [2.24, 2.45) is 0 Å². The fraction of sp³-hybridized carbons (Fsp3) is 0.290. The summed E-state index contributed by atoms with van der Waals surface area (Å²) in [7, 11) is 1.66. The van der Waals surface area contributed by atoms with Crippen LogP contribution in [0.2, 0.25) is 0 Å². The lowest BCUT2D eigenvalue weighted by Crippen LogP contribution is -2.42. The van der Waals surface area contributed by atoms with Crippen LogP contribution < -0.4 is 10.3 Å². The second kappa shape index (κ2) is 9.62. The van der Waals surface area contributed by atoms with Crippen molar-refractivity contribution in [3.8, 4) is 22.7 Å². The Labute approximate surface area is 216 Å². The van der Waals surface area contributed by atoms with E-state index in [4.69, 9.17) is 9.72 Å². The van der Waals surface area contributed by atoms with Crippen LogP contribution in [0.4, 0.5) is 0 Å². The number of ether oxygens (including phenoxy) is 1. The molecule has 0 N–H and O–H groups in total. The summed E-state index contributed by atoms with van der Waals surface area (Å²) in [6, 6.07) is 26.7. The molecule has 182 valence electrons. The van der Waals surface area contributed by atoms with Gasteiger partial charge in [-0.1, -0.05) is 85.6 Å². The highest BCUT2D eigenvalue weighted by atomic mass is 32.2. The molecular formula is C31H30N2O2S. The molecular weight excluding hydrogens is 464 g/mol. The third-order valence-corrected chi connectivity index (χ3v) is 8.75. The van der Waals surface area contributed by atoms with Crippen LogP contribution in [0.1, 0.15) is 48.8 Å². The van der Waals surface area contributed by atoms with Crippen molar-refractivity contribution in [3.05, 3.63) is 106 Å². The average molecular weight is 495 g/mol. The van der Waals surface area contributed by atoms with Crippen LogP contribution in [0.15, 0.2) is 88.8 Å². The molecule has 0 atom stereocenters. The summed E-state index contributed by atoms with van der Waals surface area (Å²) < 4.78 is 7.23. The molecule has 4 nitrogen and oxygen atoms in total. The van der Waals surface area contributed by atoms with E-state index in [9.17, 15) is 4.79 Å². The number of thioether (sulfide) groups is 1. The predicted molar refractivity (Wildman–Crippen MR) is 146 cm³/mol. The zero-order chi connectivity index (χ0) is 24.5. The lowest BCUT2D eigenvalue weighted by Gasteiger charge is -2.42. The van der Waals surface area contributed by atoms with Gasteiger partial charge in [-0.05, 0) is 54.7 Å². The molecule has 0 saturated heterocycles. The van der Waals surface area contributed by atoms with Gasteiger partial charge in [-0.3, -0.25) is 9.36 Å². The molecule has 0 radical (unpaired) electrons. The summed E-state index contributed by atoms with van der Waals surface area (Å²) in [5.74, 6) is 1.52. The first-order valence-electron chi connectivity index (χ1n) is 12.8. The van der Waals surface area contributed by atoms with Crippen LogP contribution in [-0.2, 0) is 17.6 Å². The second-order valence-corrected chi connectivity index (χ2v) is 10.8. The Morgan fingerprint density at radius 3 is 2.39 bits per heavy atom. The number of methoxy groups -OCH3 is 1. The highest BCUT2D eigenvalue weighted by Crippen LogP contribution is 2.49. The molecule has 1 saturated carbocycles. The van der Waals surface area contributed by atoms with Crippen molar-refractivity contribution >= 4 is 11.8 Å². The Morgan fingerprint density at radius 1 is 0.917 bits per heavy atom. The third kappa shape index (κ3) is 4.05. The zero-order valence-corrected chi connectivity index (χ0v) is 21.4. The lowest BCUT2D eigenvalue weighted by atomic mass is 9.62. The predicted octanol–water partition coefficient (Wildman–Crippen LogP) is 6.96. The van der Waals surface area contributed by atoms with Gasteiger partial charge in [-0.25, -0.2) is 4.98 Å². The maximum Gasteiger partial charge on any atom is 0.263 e. The Bertz CT molecular complexity index is 1440. The number of nitrogens with zero attached hydrogens (tertiary/aromatic N) is 2. The summed E-state index contributed by atoms with van der Waals surface area (Å²) >= 11 is 1.62. The maximum absolute atomic E-state index is 14.6. The van der Waals surface area contributed by atoms with Crippen molar-refractivity contribution in [3.63, 3.8) is 0 Å². The fourth-order valence-corrected chi connectivity index (χ4v) is 6.93. The van der Waals surface area contributed by atoms with E-state index in [0.717, 1.165) is 71.3 Å². The van der Waals surface area contributed by atoms with E-state index in [1.165, 1.54) is 17.5 Å². The van der Waals surface area contributed by atoms with E-state index < -0.39 is 0 Å². The van der Waals surface area contributed by atoms with Gasteiger partial charge in [0.25, 0.3) is 5.56 Å². The fourth-order valence-electron chi connectivity index (χ4n) is 5.97. The minimum Gasteiger partial charge on any atom is -0.497 e.